The highest BCUT2D eigenvalue weighted by atomic mass is 19.1. The van der Waals surface area contributed by atoms with Gasteiger partial charge in [-0.3, -0.25) is 0 Å². The van der Waals surface area contributed by atoms with E-state index in [-0.39, 0.29) is 5.82 Å². The first kappa shape index (κ1) is 14.0. The second kappa shape index (κ2) is 8.07. The molecule has 1 rings (SSSR count). The number of hydrogen-bond acceptors (Lipinski definition) is 2. The zero-order chi connectivity index (χ0) is 12.5. The van der Waals surface area contributed by atoms with Gasteiger partial charge in [0, 0.05) is 12.6 Å². The summed E-state index contributed by atoms with van der Waals surface area (Å²) in [5.41, 5.74) is 0.648. The van der Waals surface area contributed by atoms with Crippen LogP contribution in [0.3, 0.4) is 0 Å². The molecule has 0 atom stereocenters. The molecule has 0 amide bonds. The van der Waals surface area contributed by atoms with Crippen molar-refractivity contribution >= 4 is 0 Å². The van der Waals surface area contributed by atoms with Crippen LogP contribution in [-0.2, 0) is 0 Å². The molecule has 0 radical (unpaired) electrons. The number of ether oxygens (including phenoxy) is 1. The van der Waals surface area contributed by atoms with E-state index in [1.54, 1.807) is 19.1 Å². The van der Waals surface area contributed by atoms with Crippen LogP contribution in [0.15, 0.2) is 18.2 Å². The van der Waals surface area contributed by atoms with Crippen LogP contribution in [0.4, 0.5) is 4.39 Å². The fourth-order valence-electron chi connectivity index (χ4n) is 1.53. The van der Waals surface area contributed by atoms with Crippen LogP contribution in [0, 0.1) is 12.7 Å². The molecule has 96 valence electrons. The van der Waals surface area contributed by atoms with E-state index < -0.39 is 0 Å². The molecule has 1 aromatic rings. The molecule has 2 nitrogen and oxygen atoms in total. The molecule has 0 aliphatic carbocycles. The number of unbranched alkanes of at least 4 members (excludes halogenated alkanes) is 2. The van der Waals surface area contributed by atoms with Gasteiger partial charge < -0.3 is 10.1 Å². The van der Waals surface area contributed by atoms with E-state index >= 15 is 0 Å². The van der Waals surface area contributed by atoms with E-state index in [1.165, 1.54) is 25.3 Å². The Labute approximate surface area is 103 Å². The minimum atomic E-state index is -0.210. The van der Waals surface area contributed by atoms with E-state index in [4.69, 9.17) is 4.74 Å². The number of benzene rings is 1. The summed E-state index contributed by atoms with van der Waals surface area (Å²) in [5.74, 6) is 0.391. The molecule has 0 unspecified atom stereocenters. The second-order valence-corrected chi connectivity index (χ2v) is 4.22. The molecule has 0 bridgehead atoms. The van der Waals surface area contributed by atoms with Crippen molar-refractivity contribution in [3.63, 3.8) is 0 Å². The van der Waals surface area contributed by atoms with Crippen LogP contribution < -0.4 is 10.1 Å². The van der Waals surface area contributed by atoms with Crippen molar-refractivity contribution in [1.82, 2.24) is 5.32 Å². The Morgan fingerprint density at radius 3 is 2.76 bits per heavy atom. The molecule has 3 heteroatoms. The predicted octanol–water partition coefficient (Wildman–Crippen LogP) is 3.29. The van der Waals surface area contributed by atoms with Gasteiger partial charge in [-0.1, -0.05) is 25.8 Å². The summed E-state index contributed by atoms with van der Waals surface area (Å²) in [6.07, 6.45) is 3.70. The van der Waals surface area contributed by atoms with E-state index in [0.29, 0.717) is 17.9 Å². The molecule has 0 saturated carbocycles. The summed E-state index contributed by atoms with van der Waals surface area (Å²) in [6.45, 7) is 6.34. The molecule has 0 spiro atoms. The topological polar surface area (TPSA) is 21.3 Å². The van der Waals surface area contributed by atoms with Gasteiger partial charge in [0.25, 0.3) is 0 Å². The van der Waals surface area contributed by atoms with Crippen molar-refractivity contribution in [2.24, 2.45) is 0 Å². The highest BCUT2D eigenvalue weighted by Gasteiger charge is 1.99. The normalized spacial score (nSPS) is 10.5. The van der Waals surface area contributed by atoms with Gasteiger partial charge in [-0.2, -0.15) is 0 Å². The first-order valence-corrected chi connectivity index (χ1v) is 6.33. The van der Waals surface area contributed by atoms with Crippen LogP contribution in [0.5, 0.6) is 5.75 Å². The third-order valence-corrected chi connectivity index (χ3v) is 2.65. The third-order valence-electron chi connectivity index (χ3n) is 2.65. The highest BCUT2D eigenvalue weighted by molar-refractivity contribution is 5.27. The monoisotopic (exact) mass is 239 g/mol. The average Bonchev–Trinajstić information content (AvgIpc) is 2.32. The van der Waals surface area contributed by atoms with Crippen LogP contribution in [0.25, 0.3) is 0 Å². The van der Waals surface area contributed by atoms with Crippen molar-refractivity contribution in [3.05, 3.63) is 29.6 Å². The average molecular weight is 239 g/mol. The third kappa shape index (κ3) is 5.68. The minimum Gasteiger partial charge on any atom is -0.492 e. The molecule has 0 aliphatic heterocycles. The minimum absolute atomic E-state index is 0.210. The maximum atomic E-state index is 13.2. The summed E-state index contributed by atoms with van der Waals surface area (Å²) in [4.78, 5) is 0. The van der Waals surface area contributed by atoms with Gasteiger partial charge in [0.05, 0.1) is 0 Å². The predicted molar refractivity (Wildman–Crippen MR) is 69.0 cm³/mol. The number of rotatable bonds is 8. The summed E-state index contributed by atoms with van der Waals surface area (Å²) >= 11 is 0. The molecule has 0 saturated heterocycles. The Bertz CT molecular complexity index is 328. The van der Waals surface area contributed by atoms with Crippen LogP contribution in [0.1, 0.15) is 31.7 Å². The Morgan fingerprint density at radius 2 is 2.06 bits per heavy atom. The maximum absolute atomic E-state index is 13.2. The number of aryl methyl sites for hydroxylation is 1. The number of hydrogen-bond donors (Lipinski definition) is 1. The molecule has 0 fully saturated rings. The number of nitrogens with one attached hydrogen (secondary N) is 1. The molecule has 0 aliphatic rings. The van der Waals surface area contributed by atoms with Crippen molar-refractivity contribution in [2.75, 3.05) is 19.7 Å². The second-order valence-electron chi connectivity index (χ2n) is 4.22. The maximum Gasteiger partial charge on any atom is 0.129 e. The van der Waals surface area contributed by atoms with Crippen LogP contribution >= 0.6 is 0 Å². The van der Waals surface area contributed by atoms with Gasteiger partial charge in [-0.25, -0.2) is 4.39 Å². The van der Waals surface area contributed by atoms with Crippen molar-refractivity contribution in [2.45, 2.75) is 33.1 Å². The van der Waals surface area contributed by atoms with E-state index in [9.17, 15) is 4.39 Å². The van der Waals surface area contributed by atoms with Gasteiger partial charge in [-0.15, -0.1) is 0 Å². The summed E-state index contributed by atoms with van der Waals surface area (Å²) in [5, 5.41) is 3.30. The van der Waals surface area contributed by atoms with Gasteiger partial charge in [-0.05, 0) is 31.5 Å². The Kier molecular flexibility index (Phi) is 6.63. The Balaban J connectivity index is 2.11. The fourth-order valence-corrected chi connectivity index (χ4v) is 1.53. The molecule has 1 aromatic carbocycles. The lowest BCUT2D eigenvalue weighted by atomic mass is 10.2. The van der Waals surface area contributed by atoms with Crippen LogP contribution in [0.2, 0.25) is 0 Å². The highest BCUT2D eigenvalue weighted by Crippen LogP contribution is 2.15. The largest absolute Gasteiger partial charge is 0.492 e. The SMILES string of the molecule is CCCCCNCCOc1ccc(C)c(F)c1. The van der Waals surface area contributed by atoms with Crippen molar-refractivity contribution < 1.29 is 9.13 Å². The molecule has 0 heterocycles. The molecule has 0 aromatic heterocycles. The van der Waals surface area contributed by atoms with E-state index in [1.807, 2.05) is 0 Å². The first-order chi connectivity index (χ1) is 8.24. The summed E-state index contributed by atoms with van der Waals surface area (Å²) in [6, 6.07) is 4.97. The van der Waals surface area contributed by atoms with Crippen LogP contribution in [-0.4, -0.2) is 19.7 Å². The summed E-state index contributed by atoms with van der Waals surface area (Å²) in [7, 11) is 0. The zero-order valence-corrected chi connectivity index (χ0v) is 10.8. The Morgan fingerprint density at radius 1 is 1.24 bits per heavy atom. The molecule has 1 N–H and O–H groups in total. The molecule has 17 heavy (non-hydrogen) atoms. The quantitative estimate of drug-likeness (QED) is 0.703. The lowest BCUT2D eigenvalue weighted by Gasteiger charge is -2.08. The van der Waals surface area contributed by atoms with E-state index in [0.717, 1.165) is 13.1 Å². The van der Waals surface area contributed by atoms with Gasteiger partial charge in [0.2, 0.25) is 0 Å². The lowest BCUT2D eigenvalue weighted by molar-refractivity contribution is 0.312. The smallest absolute Gasteiger partial charge is 0.129 e. The van der Waals surface area contributed by atoms with E-state index in [2.05, 4.69) is 12.2 Å². The summed E-state index contributed by atoms with van der Waals surface area (Å²) < 4.78 is 18.6. The van der Waals surface area contributed by atoms with Crippen molar-refractivity contribution in [3.8, 4) is 5.75 Å². The lowest BCUT2D eigenvalue weighted by Crippen LogP contribution is -2.22. The fraction of sp³-hybridized carbons (Fsp3) is 0.571. The Hall–Kier alpha value is -1.09. The zero-order valence-electron chi connectivity index (χ0n) is 10.8. The first-order valence-electron chi connectivity index (χ1n) is 6.33. The van der Waals surface area contributed by atoms with Gasteiger partial charge in [0.1, 0.15) is 18.2 Å². The molecular weight excluding hydrogens is 217 g/mol. The van der Waals surface area contributed by atoms with Gasteiger partial charge >= 0.3 is 0 Å². The standard InChI is InChI=1S/C14H22FNO/c1-3-4-5-8-16-9-10-17-13-7-6-12(2)14(15)11-13/h6-7,11,16H,3-5,8-10H2,1-2H3. The van der Waals surface area contributed by atoms with Crippen molar-refractivity contribution in [1.29, 1.82) is 0 Å². The number of halogens is 1. The van der Waals surface area contributed by atoms with Gasteiger partial charge in [0.15, 0.2) is 0 Å². The molecular formula is C14H22FNO.